The molecule has 1 rings (SSSR count). The van der Waals surface area contributed by atoms with Gasteiger partial charge in [0.25, 0.3) is 0 Å². The topological polar surface area (TPSA) is 0 Å². The van der Waals surface area contributed by atoms with Crippen molar-refractivity contribution < 1.29 is 0 Å². The van der Waals surface area contributed by atoms with Gasteiger partial charge in [0.15, 0.2) is 0 Å². The highest BCUT2D eigenvalue weighted by Gasteiger charge is 2.07. The van der Waals surface area contributed by atoms with Crippen molar-refractivity contribution in [3.05, 3.63) is 40.3 Å². The van der Waals surface area contributed by atoms with Crippen LogP contribution in [-0.2, 0) is 6.42 Å². The van der Waals surface area contributed by atoms with Gasteiger partial charge in [-0.2, -0.15) is 0 Å². The summed E-state index contributed by atoms with van der Waals surface area (Å²) in [6.45, 7) is 8.88. The molecule has 0 saturated heterocycles. The fourth-order valence-corrected chi connectivity index (χ4v) is 2.41. The summed E-state index contributed by atoms with van der Waals surface area (Å²) in [5, 5.41) is 0. The molecule has 0 atom stereocenters. The SMILES string of the molecule is [C]#CCCCCCc1c(C)cc(C)c(C)c1C. The molecule has 0 N–H and O–H groups in total. The van der Waals surface area contributed by atoms with E-state index in [4.69, 9.17) is 6.42 Å². The fourth-order valence-electron chi connectivity index (χ4n) is 2.41. The molecule has 0 aliphatic heterocycles. The first-order valence-corrected chi connectivity index (χ1v) is 6.53. The van der Waals surface area contributed by atoms with Gasteiger partial charge in [-0.05, 0) is 81.2 Å². The second-order valence-electron chi connectivity index (χ2n) is 4.98. The second kappa shape index (κ2) is 6.50. The second-order valence-corrected chi connectivity index (χ2v) is 4.98. The Morgan fingerprint density at radius 3 is 2.29 bits per heavy atom. The van der Waals surface area contributed by atoms with Crippen LogP contribution < -0.4 is 0 Å². The highest BCUT2D eigenvalue weighted by atomic mass is 14.1. The standard InChI is InChI=1S/C17H23/c1-6-7-8-9-10-11-17-14(3)12-13(2)15(4)16(17)5/h12H,7-11H2,2-5H3. The van der Waals surface area contributed by atoms with Gasteiger partial charge in [0, 0.05) is 6.42 Å². The van der Waals surface area contributed by atoms with E-state index < -0.39 is 0 Å². The van der Waals surface area contributed by atoms with E-state index in [1.54, 1.807) is 0 Å². The van der Waals surface area contributed by atoms with E-state index in [0.29, 0.717) is 0 Å². The van der Waals surface area contributed by atoms with Crippen LogP contribution >= 0.6 is 0 Å². The molecule has 0 heterocycles. The molecule has 0 saturated carbocycles. The predicted molar refractivity (Wildman–Crippen MR) is 74.7 cm³/mol. The minimum absolute atomic E-state index is 0.810. The zero-order valence-electron chi connectivity index (χ0n) is 11.6. The molecule has 0 unspecified atom stereocenters. The first-order valence-electron chi connectivity index (χ1n) is 6.53. The van der Waals surface area contributed by atoms with Crippen LogP contribution in [0.5, 0.6) is 0 Å². The molecule has 0 spiro atoms. The third-order valence-electron chi connectivity index (χ3n) is 3.74. The maximum Gasteiger partial charge on any atom is 0.00989 e. The van der Waals surface area contributed by atoms with E-state index in [0.717, 1.165) is 12.8 Å². The van der Waals surface area contributed by atoms with E-state index in [-0.39, 0.29) is 0 Å². The predicted octanol–water partition coefficient (Wildman–Crippen LogP) is 4.61. The lowest BCUT2D eigenvalue weighted by atomic mass is 9.91. The summed E-state index contributed by atoms with van der Waals surface area (Å²) in [4.78, 5) is 0. The molecule has 0 fully saturated rings. The average Bonchev–Trinajstić information content (AvgIpc) is 2.30. The Hall–Kier alpha value is -1.22. The maximum atomic E-state index is 6.87. The molecule has 0 nitrogen and oxygen atoms in total. The number of benzene rings is 1. The van der Waals surface area contributed by atoms with Crippen LogP contribution in [0.25, 0.3) is 0 Å². The zero-order chi connectivity index (χ0) is 12.8. The van der Waals surface area contributed by atoms with Crippen LogP contribution in [0.4, 0.5) is 0 Å². The molecular formula is C17H23. The summed E-state index contributed by atoms with van der Waals surface area (Å²) in [5.41, 5.74) is 7.29. The fraction of sp³-hybridized carbons (Fsp3) is 0.529. The van der Waals surface area contributed by atoms with Crippen LogP contribution in [-0.4, -0.2) is 0 Å². The monoisotopic (exact) mass is 227 g/mol. The third kappa shape index (κ3) is 3.63. The Morgan fingerprint density at radius 1 is 0.941 bits per heavy atom. The minimum atomic E-state index is 0.810. The van der Waals surface area contributed by atoms with Crippen molar-refractivity contribution in [1.82, 2.24) is 0 Å². The Labute approximate surface area is 106 Å². The van der Waals surface area contributed by atoms with Crippen molar-refractivity contribution in [3.8, 4) is 5.92 Å². The van der Waals surface area contributed by atoms with Crippen LogP contribution in [0.2, 0.25) is 0 Å². The van der Waals surface area contributed by atoms with E-state index in [1.807, 2.05) is 0 Å². The molecular weight excluding hydrogens is 204 g/mol. The Bertz CT molecular complexity index is 419. The number of rotatable bonds is 5. The molecule has 0 aromatic heterocycles. The summed E-state index contributed by atoms with van der Waals surface area (Å²) >= 11 is 0. The van der Waals surface area contributed by atoms with Gasteiger partial charge in [0.05, 0.1) is 0 Å². The largest absolute Gasteiger partial charge is 0.0891 e. The van der Waals surface area contributed by atoms with Gasteiger partial charge in [-0.1, -0.05) is 18.4 Å². The summed E-state index contributed by atoms with van der Waals surface area (Å²) in [7, 11) is 0. The molecule has 1 radical (unpaired) electrons. The van der Waals surface area contributed by atoms with Gasteiger partial charge in [-0.3, -0.25) is 0 Å². The Morgan fingerprint density at radius 2 is 1.65 bits per heavy atom. The summed E-state index contributed by atoms with van der Waals surface area (Å²) in [6, 6.07) is 2.31. The zero-order valence-corrected chi connectivity index (χ0v) is 11.6. The van der Waals surface area contributed by atoms with Crippen molar-refractivity contribution in [2.24, 2.45) is 0 Å². The molecule has 1 aromatic rings. The molecule has 0 aliphatic rings. The van der Waals surface area contributed by atoms with Crippen molar-refractivity contribution in [2.75, 3.05) is 0 Å². The highest BCUT2D eigenvalue weighted by molar-refractivity contribution is 5.43. The number of hydrogen-bond acceptors (Lipinski definition) is 0. The van der Waals surface area contributed by atoms with Crippen molar-refractivity contribution in [3.63, 3.8) is 0 Å². The van der Waals surface area contributed by atoms with Crippen LogP contribution in [0, 0.1) is 40.0 Å². The van der Waals surface area contributed by atoms with Crippen molar-refractivity contribution in [2.45, 2.75) is 59.8 Å². The average molecular weight is 227 g/mol. The van der Waals surface area contributed by atoms with Crippen molar-refractivity contribution >= 4 is 0 Å². The smallest absolute Gasteiger partial charge is 0.00989 e. The van der Waals surface area contributed by atoms with Crippen LogP contribution in [0.1, 0.15) is 53.5 Å². The first kappa shape index (κ1) is 13.8. The number of aryl methyl sites for hydroxylation is 2. The molecule has 0 bridgehead atoms. The Balaban J connectivity index is 2.66. The van der Waals surface area contributed by atoms with E-state index in [1.165, 1.54) is 47.1 Å². The van der Waals surface area contributed by atoms with Gasteiger partial charge >= 0.3 is 0 Å². The van der Waals surface area contributed by atoms with E-state index >= 15 is 0 Å². The van der Waals surface area contributed by atoms with Gasteiger partial charge in [-0.15, -0.1) is 0 Å². The lowest BCUT2D eigenvalue weighted by Crippen LogP contribution is -1.99. The quantitative estimate of drug-likeness (QED) is 0.509. The Kier molecular flexibility index (Phi) is 5.29. The molecule has 0 aliphatic carbocycles. The molecule has 0 heteroatoms. The maximum absolute atomic E-state index is 6.87. The van der Waals surface area contributed by atoms with Gasteiger partial charge in [0.2, 0.25) is 0 Å². The summed E-state index contributed by atoms with van der Waals surface area (Å²) in [5.74, 6) is 2.46. The normalized spacial score (nSPS) is 10.3. The molecule has 17 heavy (non-hydrogen) atoms. The summed E-state index contributed by atoms with van der Waals surface area (Å²) in [6.07, 6.45) is 12.4. The molecule has 1 aromatic carbocycles. The third-order valence-corrected chi connectivity index (χ3v) is 3.74. The first-order chi connectivity index (χ1) is 8.07. The van der Waals surface area contributed by atoms with Crippen LogP contribution in [0.15, 0.2) is 6.07 Å². The minimum Gasteiger partial charge on any atom is -0.0891 e. The van der Waals surface area contributed by atoms with Gasteiger partial charge in [0.1, 0.15) is 0 Å². The van der Waals surface area contributed by atoms with E-state index in [9.17, 15) is 0 Å². The van der Waals surface area contributed by atoms with Gasteiger partial charge < -0.3 is 0 Å². The molecule has 91 valence electrons. The number of unbranched alkanes of at least 4 members (excludes halogenated alkanes) is 3. The highest BCUT2D eigenvalue weighted by Crippen LogP contribution is 2.23. The molecule has 0 amide bonds. The number of hydrogen-bond donors (Lipinski definition) is 0. The van der Waals surface area contributed by atoms with Gasteiger partial charge in [-0.25, -0.2) is 0 Å². The lowest BCUT2D eigenvalue weighted by Gasteiger charge is -2.14. The summed E-state index contributed by atoms with van der Waals surface area (Å²) < 4.78 is 0. The van der Waals surface area contributed by atoms with Crippen molar-refractivity contribution in [1.29, 1.82) is 0 Å². The van der Waals surface area contributed by atoms with E-state index in [2.05, 4.69) is 39.7 Å². The lowest BCUT2D eigenvalue weighted by molar-refractivity contribution is 0.689. The van der Waals surface area contributed by atoms with Crippen LogP contribution in [0.3, 0.4) is 0 Å².